The van der Waals surface area contributed by atoms with Crippen LogP contribution in [0.15, 0.2) is 21.1 Å². The Labute approximate surface area is 126 Å². The van der Waals surface area contributed by atoms with Crippen molar-refractivity contribution in [2.45, 2.75) is 19.9 Å². The van der Waals surface area contributed by atoms with Crippen LogP contribution in [0, 0.1) is 17.5 Å². The van der Waals surface area contributed by atoms with Crippen molar-refractivity contribution in [3.05, 3.63) is 38.9 Å². The number of hydrogen-bond acceptors (Lipinski definition) is 4. The molecule has 0 atom stereocenters. The summed E-state index contributed by atoms with van der Waals surface area (Å²) < 4.78 is 21.4. The number of nitrogens with zero attached hydrogens (tertiary/aromatic N) is 3. The summed E-state index contributed by atoms with van der Waals surface area (Å²) in [6, 6.07) is 3.12. The quantitative estimate of drug-likeness (QED) is 0.729. The Morgan fingerprint density at radius 1 is 1.50 bits per heavy atom. The van der Waals surface area contributed by atoms with Crippen LogP contribution in [0.3, 0.4) is 0 Å². The summed E-state index contributed by atoms with van der Waals surface area (Å²) >= 11 is 8.45. The van der Waals surface area contributed by atoms with Gasteiger partial charge in [0.2, 0.25) is 5.89 Å². The maximum atomic E-state index is 13.5. The van der Waals surface area contributed by atoms with Gasteiger partial charge in [-0.1, -0.05) is 5.16 Å². The van der Waals surface area contributed by atoms with Gasteiger partial charge in [-0.05, 0) is 41.1 Å². The highest BCUT2D eigenvalue weighted by molar-refractivity contribution is 9.10. The second kappa shape index (κ2) is 5.10. The zero-order chi connectivity index (χ0) is 14.3. The van der Waals surface area contributed by atoms with Gasteiger partial charge in [0.05, 0.1) is 15.5 Å². The van der Waals surface area contributed by atoms with E-state index in [-0.39, 0.29) is 5.82 Å². The zero-order valence-corrected chi connectivity index (χ0v) is 12.9. The van der Waals surface area contributed by atoms with Crippen LogP contribution in [0.5, 0.6) is 0 Å². The molecule has 0 unspecified atom stereocenters. The summed E-state index contributed by atoms with van der Waals surface area (Å²) in [5.74, 6) is 0.834. The molecule has 104 valence electrons. The van der Waals surface area contributed by atoms with E-state index in [4.69, 9.17) is 16.7 Å². The van der Waals surface area contributed by atoms with Crippen molar-refractivity contribution in [3.63, 3.8) is 0 Å². The minimum atomic E-state index is -0.326. The topological polar surface area (TPSA) is 59.6 Å². The number of imidazole rings is 1. The molecule has 8 heteroatoms. The lowest BCUT2D eigenvalue weighted by atomic mass is 10.3. The van der Waals surface area contributed by atoms with Gasteiger partial charge in [-0.25, -0.2) is 4.39 Å². The molecular weight excluding hydrogens is 347 g/mol. The van der Waals surface area contributed by atoms with Crippen molar-refractivity contribution >= 4 is 39.2 Å². The number of rotatable bonds is 3. The molecule has 3 aromatic rings. The molecule has 20 heavy (non-hydrogen) atoms. The van der Waals surface area contributed by atoms with Crippen molar-refractivity contribution in [2.24, 2.45) is 0 Å². The summed E-state index contributed by atoms with van der Waals surface area (Å²) in [6.45, 7) is 2.35. The largest absolute Gasteiger partial charge is 0.339 e. The van der Waals surface area contributed by atoms with Crippen molar-refractivity contribution in [3.8, 4) is 0 Å². The fourth-order valence-electron chi connectivity index (χ4n) is 2.02. The predicted molar refractivity (Wildman–Crippen MR) is 77.5 cm³/mol. The van der Waals surface area contributed by atoms with E-state index < -0.39 is 0 Å². The van der Waals surface area contributed by atoms with Crippen LogP contribution in [-0.2, 0) is 13.0 Å². The molecule has 0 spiro atoms. The van der Waals surface area contributed by atoms with Crippen molar-refractivity contribution < 1.29 is 8.91 Å². The molecule has 2 aromatic heterocycles. The Morgan fingerprint density at radius 2 is 2.30 bits per heavy atom. The maximum Gasteiger partial charge on any atom is 0.228 e. The first-order valence-electron chi connectivity index (χ1n) is 5.91. The highest BCUT2D eigenvalue weighted by Gasteiger charge is 2.10. The summed E-state index contributed by atoms with van der Waals surface area (Å²) in [7, 11) is 0. The SMILES string of the molecule is Cc1noc(CCn2c(=S)[nH]c3cc(F)c(Br)cc32)n1. The van der Waals surface area contributed by atoms with Gasteiger partial charge in [0.1, 0.15) is 5.82 Å². The normalized spacial score (nSPS) is 11.3. The van der Waals surface area contributed by atoms with Crippen molar-refractivity contribution in [1.82, 2.24) is 19.7 Å². The van der Waals surface area contributed by atoms with Gasteiger partial charge in [-0.2, -0.15) is 4.98 Å². The van der Waals surface area contributed by atoms with Crippen LogP contribution in [-0.4, -0.2) is 19.7 Å². The zero-order valence-electron chi connectivity index (χ0n) is 10.5. The molecule has 0 saturated carbocycles. The van der Waals surface area contributed by atoms with Gasteiger partial charge in [-0.3, -0.25) is 0 Å². The highest BCUT2D eigenvalue weighted by atomic mass is 79.9. The van der Waals surface area contributed by atoms with E-state index in [2.05, 4.69) is 31.1 Å². The third-order valence-corrected chi connectivity index (χ3v) is 3.87. The van der Waals surface area contributed by atoms with E-state index in [0.717, 1.165) is 5.52 Å². The molecule has 0 aliphatic heterocycles. The molecule has 0 aliphatic rings. The van der Waals surface area contributed by atoms with Gasteiger partial charge in [0, 0.05) is 19.0 Å². The Bertz CT molecular complexity index is 838. The number of aryl methyl sites for hydroxylation is 3. The summed E-state index contributed by atoms with van der Waals surface area (Å²) in [5, 5.41) is 3.74. The second-order valence-electron chi connectivity index (χ2n) is 4.35. The molecule has 0 bridgehead atoms. The van der Waals surface area contributed by atoms with Gasteiger partial charge >= 0.3 is 0 Å². The van der Waals surface area contributed by atoms with Crippen LogP contribution < -0.4 is 0 Å². The number of nitrogens with one attached hydrogen (secondary N) is 1. The average molecular weight is 357 g/mol. The fourth-order valence-corrected chi connectivity index (χ4v) is 2.65. The third-order valence-electron chi connectivity index (χ3n) is 2.94. The third kappa shape index (κ3) is 2.40. The minimum Gasteiger partial charge on any atom is -0.339 e. The standard InChI is InChI=1S/C12H10BrFN4OS/c1-6-15-11(19-17-6)2-3-18-10-4-7(13)8(14)5-9(10)16-12(18)20/h4-5H,2-3H2,1H3,(H,16,20). The number of halogens is 2. The summed E-state index contributed by atoms with van der Waals surface area (Å²) in [5.41, 5.74) is 1.50. The summed E-state index contributed by atoms with van der Waals surface area (Å²) in [6.07, 6.45) is 0.567. The molecule has 0 radical (unpaired) electrons. The number of H-pyrrole nitrogens is 1. The van der Waals surface area contributed by atoms with Crippen LogP contribution in [0.4, 0.5) is 4.39 Å². The van der Waals surface area contributed by atoms with Crippen molar-refractivity contribution in [2.75, 3.05) is 0 Å². The number of fused-ring (bicyclic) bond motifs is 1. The lowest BCUT2D eigenvalue weighted by Gasteiger charge is -2.02. The lowest BCUT2D eigenvalue weighted by Crippen LogP contribution is -2.01. The van der Waals surface area contributed by atoms with Gasteiger partial charge in [-0.15, -0.1) is 0 Å². The molecule has 0 aliphatic carbocycles. The van der Waals surface area contributed by atoms with Gasteiger partial charge < -0.3 is 14.1 Å². The molecule has 5 nitrogen and oxygen atoms in total. The van der Waals surface area contributed by atoms with Gasteiger partial charge in [0.15, 0.2) is 10.6 Å². The monoisotopic (exact) mass is 356 g/mol. The molecule has 0 fully saturated rings. The van der Waals surface area contributed by atoms with Crippen LogP contribution in [0.25, 0.3) is 11.0 Å². The van der Waals surface area contributed by atoms with Gasteiger partial charge in [0.25, 0.3) is 0 Å². The summed E-state index contributed by atoms with van der Waals surface area (Å²) in [4.78, 5) is 7.13. The average Bonchev–Trinajstić information content (AvgIpc) is 2.92. The smallest absolute Gasteiger partial charge is 0.228 e. The first-order chi connectivity index (χ1) is 9.54. The number of benzene rings is 1. The van der Waals surface area contributed by atoms with E-state index in [1.165, 1.54) is 6.07 Å². The van der Waals surface area contributed by atoms with E-state index >= 15 is 0 Å². The molecule has 0 amide bonds. The second-order valence-corrected chi connectivity index (χ2v) is 5.59. The minimum absolute atomic E-state index is 0.326. The first-order valence-corrected chi connectivity index (χ1v) is 7.11. The molecular formula is C12H10BrFN4OS. The number of hydrogen-bond donors (Lipinski definition) is 1. The molecule has 0 saturated heterocycles. The molecule has 2 heterocycles. The number of aromatic nitrogens is 4. The first kappa shape index (κ1) is 13.4. The van der Waals surface area contributed by atoms with E-state index in [1.54, 1.807) is 13.0 Å². The van der Waals surface area contributed by atoms with E-state index in [9.17, 15) is 4.39 Å². The maximum absolute atomic E-state index is 13.5. The van der Waals surface area contributed by atoms with Crippen LogP contribution >= 0.6 is 28.1 Å². The van der Waals surface area contributed by atoms with E-state index in [0.29, 0.717) is 39.4 Å². The Balaban J connectivity index is 1.96. The Hall–Kier alpha value is -1.54. The highest BCUT2D eigenvalue weighted by Crippen LogP contribution is 2.23. The van der Waals surface area contributed by atoms with Crippen molar-refractivity contribution in [1.29, 1.82) is 0 Å². The number of aromatic amines is 1. The molecule has 3 rings (SSSR count). The van der Waals surface area contributed by atoms with Crippen LogP contribution in [0.1, 0.15) is 11.7 Å². The Morgan fingerprint density at radius 3 is 3.00 bits per heavy atom. The fraction of sp³-hybridized carbons (Fsp3) is 0.250. The Kier molecular flexibility index (Phi) is 3.43. The van der Waals surface area contributed by atoms with Crippen LogP contribution in [0.2, 0.25) is 0 Å². The molecule has 1 aromatic carbocycles. The predicted octanol–water partition coefficient (Wildman–Crippen LogP) is 3.53. The molecule has 1 N–H and O–H groups in total. The lowest BCUT2D eigenvalue weighted by molar-refractivity contribution is 0.369. The van der Waals surface area contributed by atoms with E-state index in [1.807, 2.05) is 4.57 Å².